The standard InChI is InChI=1S/C21H22N2O2/c24-18-10-16-19-13-9-17-21(6-7-22(17)11-12(13)5-8-25-16)14-3-1-2-4-15(14)23(18)20(19)21/h1-5,13,16-17,19-20H,6-11H2/t13-,16-,17+,19+,20+,21+/m0/s1. The van der Waals surface area contributed by atoms with Crippen LogP contribution in [0, 0.1) is 11.8 Å². The van der Waals surface area contributed by atoms with E-state index in [1.807, 2.05) is 0 Å². The van der Waals surface area contributed by atoms with Gasteiger partial charge in [-0.3, -0.25) is 9.69 Å². The summed E-state index contributed by atoms with van der Waals surface area (Å²) in [6, 6.07) is 9.64. The minimum atomic E-state index is 0.104. The minimum absolute atomic E-state index is 0.104. The van der Waals surface area contributed by atoms with Gasteiger partial charge in [0.25, 0.3) is 0 Å². The van der Waals surface area contributed by atoms with Crippen molar-refractivity contribution in [3.05, 3.63) is 41.5 Å². The summed E-state index contributed by atoms with van der Waals surface area (Å²) < 4.78 is 6.25. The first kappa shape index (κ1) is 13.5. The molecule has 7 rings (SSSR count). The van der Waals surface area contributed by atoms with Crippen LogP contribution in [0.15, 0.2) is 35.9 Å². The summed E-state index contributed by atoms with van der Waals surface area (Å²) in [4.78, 5) is 18.1. The number of hydrogen-bond acceptors (Lipinski definition) is 3. The van der Waals surface area contributed by atoms with E-state index in [-0.39, 0.29) is 17.4 Å². The number of carbonyl (C=O) groups excluding carboxylic acids is 1. The average molecular weight is 334 g/mol. The molecule has 4 fully saturated rings. The predicted molar refractivity (Wildman–Crippen MR) is 93.4 cm³/mol. The van der Waals surface area contributed by atoms with Gasteiger partial charge in [0.15, 0.2) is 0 Å². The highest BCUT2D eigenvalue weighted by atomic mass is 16.5. The number of nitrogens with zero attached hydrogens (tertiary/aromatic N) is 2. The minimum Gasteiger partial charge on any atom is -0.373 e. The highest BCUT2D eigenvalue weighted by Gasteiger charge is 2.70. The molecule has 1 aromatic carbocycles. The number of amides is 1. The second-order valence-corrected chi connectivity index (χ2v) is 8.78. The lowest BCUT2D eigenvalue weighted by molar-refractivity contribution is -0.132. The van der Waals surface area contributed by atoms with Crippen molar-refractivity contribution in [3.8, 4) is 0 Å². The predicted octanol–water partition coefficient (Wildman–Crippen LogP) is 2.09. The van der Waals surface area contributed by atoms with Gasteiger partial charge in [0.05, 0.1) is 25.2 Å². The fourth-order valence-electron chi connectivity index (χ4n) is 7.51. The quantitative estimate of drug-likeness (QED) is 0.681. The van der Waals surface area contributed by atoms with Crippen LogP contribution in [0.5, 0.6) is 0 Å². The Hall–Kier alpha value is -1.65. The number of ether oxygens (including phenoxy) is 1. The molecule has 1 amide bonds. The van der Waals surface area contributed by atoms with Crippen molar-refractivity contribution in [2.75, 3.05) is 24.6 Å². The van der Waals surface area contributed by atoms with E-state index >= 15 is 0 Å². The van der Waals surface area contributed by atoms with Crippen molar-refractivity contribution in [1.29, 1.82) is 0 Å². The van der Waals surface area contributed by atoms with Gasteiger partial charge in [0.2, 0.25) is 5.91 Å². The van der Waals surface area contributed by atoms with Gasteiger partial charge in [-0.1, -0.05) is 29.8 Å². The topological polar surface area (TPSA) is 32.8 Å². The Balaban J connectivity index is 1.55. The molecule has 128 valence electrons. The molecule has 1 spiro atoms. The van der Waals surface area contributed by atoms with Gasteiger partial charge in [0, 0.05) is 29.6 Å². The number of para-hydroxylation sites is 1. The maximum atomic E-state index is 13.2. The first-order valence-electron chi connectivity index (χ1n) is 9.75. The smallest absolute Gasteiger partial charge is 0.229 e. The van der Waals surface area contributed by atoms with Gasteiger partial charge in [-0.25, -0.2) is 0 Å². The SMILES string of the molecule is O=C1C[C@@H]2OCC=C3CN4CC[C@]56c7ccccc7N1[C@@H]5[C@@H]2[C@H]3C[C@@H]46. The summed E-state index contributed by atoms with van der Waals surface area (Å²) in [7, 11) is 0. The van der Waals surface area contributed by atoms with Crippen LogP contribution in [-0.4, -0.2) is 48.7 Å². The van der Waals surface area contributed by atoms with Gasteiger partial charge in [0.1, 0.15) is 0 Å². The highest BCUT2D eigenvalue weighted by Crippen LogP contribution is 2.65. The fraction of sp³-hybridized carbons (Fsp3) is 0.571. The summed E-state index contributed by atoms with van der Waals surface area (Å²) in [6.45, 7) is 2.97. The summed E-state index contributed by atoms with van der Waals surface area (Å²) in [5.74, 6) is 1.35. The van der Waals surface area contributed by atoms with Crippen LogP contribution < -0.4 is 4.90 Å². The summed E-state index contributed by atoms with van der Waals surface area (Å²) in [6.07, 6.45) is 5.43. The largest absolute Gasteiger partial charge is 0.373 e. The van der Waals surface area contributed by atoms with E-state index < -0.39 is 0 Å². The Morgan fingerprint density at radius 2 is 2.16 bits per heavy atom. The normalized spacial score (nSPS) is 45.9. The zero-order valence-corrected chi connectivity index (χ0v) is 14.2. The summed E-state index contributed by atoms with van der Waals surface area (Å²) in [5.41, 5.74) is 4.35. The van der Waals surface area contributed by atoms with E-state index in [0.717, 1.165) is 6.54 Å². The van der Waals surface area contributed by atoms with Gasteiger partial charge >= 0.3 is 0 Å². The molecule has 0 unspecified atom stereocenters. The Labute approximate surface area is 147 Å². The Morgan fingerprint density at radius 3 is 3.12 bits per heavy atom. The number of rotatable bonds is 0. The molecule has 0 aromatic heterocycles. The van der Waals surface area contributed by atoms with E-state index in [1.54, 1.807) is 5.57 Å². The molecule has 1 saturated carbocycles. The number of benzene rings is 1. The summed E-state index contributed by atoms with van der Waals surface area (Å²) in [5, 5.41) is 0. The summed E-state index contributed by atoms with van der Waals surface area (Å²) >= 11 is 0. The van der Waals surface area contributed by atoms with Crippen molar-refractivity contribution in [2.45, 2.75) is 42.9 Å². The second-order valence-electron chi connectivity index (χ2n) is 8.78. The number of hydrogen-bond donors (Lipinski definition) is 0. The number of piperidine rings is 2. The lowest BCUT2D eigenvalue weighted by Crippen LogP contribution is -2.69. The number of fused-ring (bicyclic) bond motifs is 2. The molecular formula is C21H22N2O2. The Kier molecular flexibility index (Phi) is 2.27. The van der Waals surface area contributed by atoms with Crippen LogP contribution in [0.4, 0.5) is 5.69 Å². The zero-order chi connectivity index (χ0) is 16.3. The van der Waals surface area contributed by atoms with Crippen LogP contribution in [-0.2, 0) is 14.9 Å². The first-order valence-corrected chi connectivity index (χ1v) is 9.75. The molecule has 5 heterocycles. The van der Waals surface area contributed by atoms with Crippen LogP contribution in [0.1, 0.15) is 24.8 Å². The molecule has 5 aliphatic heterocycles. The van der Waals surface area contributed by atoms with Crippen molar-refractivity contribution < 1.29 is 9.53 Å². The van der Waals surface area contributed by atoms with E-state index in [9.17, 15) is 4.79 Å². The molecule has 4 heteroatoms. The van der Waals surface area contributed by atoms with Crippen molar-refractivity contribution in [2.24, 2.45) is 11.8 Å². The lowest BCUT2D eigenvalue weighted by Gasteiger charge is -2.58. The van der Waals surface area contributed by atoms with Crippen LogP contribution in [0.3, 0.4) is 0 Å². The first-order chi connectivity index (χ1) is 12.3. The fourth-order valence-corrected chi connectivity index (χ4v) is 7.51. The third-order valence-electron chi connectivity index (χ3n) is 8.22. The van der Waals surface area contributed by atoms with Gasteiger partial charge in [-0.2, -0.15) is 0 Å². The molecule has 6 aliphatic rings. The van der Waals surface area contributed by atoms with Crippen molar-refractivity contribution in [3.63, 3.8) is 0 Å². The highest BCUT2D eigenvalue weighted by molar-refractivity contribution is 5.99. The lowest BCUT2D eigenvalue weighted by atomic mass is 9.53. The molecule has 25 heavy (non-hydrogen) atoms. The molecule has 3 saturated heterocycles. The molecule has 0 radical (unpaired) electrons. The molecular weight excluding hydrogens is 312 g/mol. The van der Waals surface area contributed by atoms with Crippen LogP contribution in [0.25, 0.3) is 0 Å². The maximum absolute atomic E-state index is 13.2. The third kappa shape index (κ3) is 1.33. The number of carbonyl (C=O) groups is 1. The van der Waals surface area contributed by atoms with Crippen LogP contribution in [0.2, 0.25) is 0 Å². The molecule has 2 bridgehead atoms. The van der Waals surface area contributed by atoms with Gasteiger partial charge < -0.3 is 9.64 Å². The molecule has 0 N–H and O–H groups in total. The van der Waals surface area contributed by atoms with E-state index in [0.29, 0.717) is 36.9 Å². The molecule has 4 nitrogen and oxygen atoms in total. The molecule has 6 atom stereocenters. The average Bonchev–Trinajstić information content (AvgIpc) is 3.10. The Morgan fingerprint density at radius 1 is 1.24 bits per heavy atom. The molecule has 1 aromatic rings. The number of anilines is 1. The van der Waals surface area contributed by atoms with Gasteiger partial charge in [-0.05, 0) is 36.9 Å². The Bertz CT molecular complexity index is 848. The third-order valence-corrected chi connectivity index (χ3v) is 8.22. The maximum Gasteiger partial charge on any atom is 0.229 e. The monoisotopic (exact) mass is 334 g/mol. The zero-order valence-electron chi connectivity index (χ0n) is 14.2. The van der Waals surface area contributed by atoms with Crippen molar-refractivity contribution in [1.82, 2.24) is 4.90 Å². The van der Waals surface area contributed by atoms with Crippen LogP contribution >= 0.6 is 0 Å². The van der Waals surface area contributed by atoms with E-state index in [4.69, 9.17) is 4.74 Å². The van der Waals surface area contributed by atoms with E-state index in [1.165, 1.54) is 30.6 Å². The van der Waals surface area contributed by atoms with E-state index in [2.05, 4.69) is 40.1 Å². The molecule has 1 aliphatic carbocycles. The van der Waals surface area contributed by atoms with Gasteiger partial charge in [-0.15, -0.1) is 0 Å². The van der Waals surface area contributed by atoms with Crippen molar-refractivity contribution >= 4 is 11.6 Å². The second kappa shape index (κ2) is 4.18.